The van der Waals surface area contributed by atoms with Gasteiger partial charge < -0.3 is 10.2 Å². The molecule has 0 aromatic carbocycles. The highest BCUT2D eigenvalue weighted by Crippen LogP contribution is 2.13. The number of aryl methyl sites for hydroxylation is 1. The Morgan fingerprint density at radius 3 is 3.12 bits per heavy atom. The Labute approximate surface area is 106 Å². The van der Waals surface area contributed by atoms with Crippen LogP contribution in [0.5, 0.6) is 0 Å². The second-order valence-electron chi connectivity index (χ2n) is 4.61. The largest absolute Gasteiger partial charge is 0.340 e. The van der Waals surface area contributed by atoms with E-state index in [-0.39, 0.29) is 5.91 Å². The van der Waals surface area contributed by atoms with Gasteiger partial charge in [-0.15, -0.1) is 11.3 Å². The molecular formula is C12H19N3OS. The monoisotopic (exact) mass is 253 g/mol. The van der Waals surface area contributed by atoms with Crippen molar-refractivity contribution in [1.29, 1.82) is 0 Å². The summed E-state index contributed by atoms with van der Waals surface area (Å²) in [6.45, 7) is 3.65. The molecule has 0 saturated carbocycles. The molecule has 94 valence electrons. The lowest BCUT2D eigenvalue weighted by Gasteiger charge is -2.18. The number of aromatic nitrogens is 1. The molecule has 1 N–H and O–H groups in total. The van der Waals surface area contributed by atoms with Crippen LogP contribution in [0.1, 0.15) is 30.0 Å². The molecule has 1 aromatic rings. The molecule has 1 aliphatic heterocycles. The first-order valence-corrected chi connectivity index (χ1v) is 6.91. The lowest BCUT2D eigenvalue weighted by molar-refractivity contribution is -0.130. The molecule has 0 bridgehead atoms. The Hall–Kier alpha value is -0.940. The molecule has 1 aromatic heterocycles. The van der Waals surface area contributed by atoms with Crippen LogP contribution in [0.15, 0.2) is 5.38 Å². The van der Waals surface area contributed by atoms with Crippen LogP contribution in [0.25, 0.3) is 0 Å². The van der Waals surface area contributed by atoms with E-state index < -0.39 is 0 Å². The van der Waals surface area contributed by atoms with Crippen molar-refractivity contribution >= 4 is 17.2 Å². The number of amides is 1. The minimum absolute atomic E-state index is 0.204. The van der Waals surface area contributed by atoms with Crippen LogP contribution in [0.4, 0.5) is 0 Å². The number of nitrogens with one attached hydrogen (secondary N) is 1. The molecule has 4 nitrogen and oxygen atoms in total. The average Bonchev–Trinajstić information content (AvgIpc) is 2.90. The van der Waals surface area contributed by atoms with Crippen LogP contribution in [0.2, 0.25) is 0 Å². The molecule has 1 aliphatic rings. The topological polar surface area (TPSA) is 45.2 Å². The second-order valence-corrected chi connectivity index (χ2v) is 5.67. The molecule has 2 rings (SSSR count). The van der Waals surface area contributed by atoms with Gasteiger partial charge in [-0.05, 0) is 26.3 Å². The van der Waals surface area contributed by atoms with Crippen molar-refractivity contribution < 1.29 is 4.79 Å². The highest BCUT2D eigenvalue weighted by atomic mass is 32.1. The molecule has 1 atom stereocenters. The van der Waals surface area contributed by atoms with Crippen LogP contribution in [0.3, 0.4) is 0 Å². The third-order valence-corrected chi connectivity index (χ3v) is 3.90. The van der Waals surface area contributed by atoms with Gasteiger partial charge in [0.1, 0.15) is 0 Å². The number of carbonyl (C=O) groups excluding carboxylic acids is 1. The van der Waals surface area contributed by atoms with Gasteiger partial charge in [-0.1, -0.05) is 0 Å². The van der Waals surface area contributed by atoms with E-state index in [4.69, 9.17) is 0 Å². The molecular weight excluding hydrogens is 234 g/mol. The van der Waals surface area contributed by atoms with E-state index >= 15 is 0 Å². The normalized spacial score (nSPS) is 19.5. The molecule has 2 heterocycles. The van der Waals surface area contributed by atoms with Crippen molar-refractivity contribution in [1.82, 2.24) is 15.2 Å². The maximum absolute atomic E-state index is 12.0. The minimum atomic E-state index is 0.204. The van der Waals surface area contributed by atoms with E-state index in [1.54, 1.807) is 16.2 Å². The first kappa shape index (κ1) is 12.5. The number of thiazole rings is 1. The van der Waals surface area contributed by atoms with E-state index in [0.717, 1.165) is 23.7 Å². The van der Waals surface area contributed by atoms with Gasteiger partial charge in [-0.3, -0.25) is 4.79 Å². The predicted octanol–water partition coefficient (Wildman–Crippen LogP) is 1.55. The highest BCUT2D eigenvalue weighted by molar-refractivity contribution is 7.09. The molecule has 1 amide bonds. The van der Waals surface area contributed by atoms with Gasteiger partial charge in [-0.25, -0.2) is 4.98 Å². The SMILES string of the molecule is Cc1nc(CN(C)C(=O)CC2CCCN2)cs1. The zero-order valence-corrected chi connectivity index (χ0v) is 11.2. The maximum Gasteiger partial charge on any atom is 0.224 e. The Bertz CT molecular complexity index is 385. The Kier molecular flexibility index (Phi) is 4.12. The fourth-order valence-electron chi connectivity index (χ4n) is 2.11. The Balaban J connectivity index is 1.82. The van der Waals surface area contributed by atoms with Gasteiger partial charge in [-0.2, -0.15) is 0 Å². The summed E-state index contributed by atoms with van der Waals surface area (Å²) in [5.41, 5.74) is 0.989. The summed E-state index contributed by atoms with van der Waals surface area (Å²) >= 11 is 1.63. The molecule has 0 radical (unpaired) electrons. The zero-order chi connectivity index (χ0) is 12.3. The molecule has 1 fully saturated rings. The summed E-state index contributed by atoms with van der Waals surface area (Å²) in [5.74, 6) is 0.204. The summed E-state index contributed by atoms with van der Waals surface area (Å²) in [5, 5.41) is 6.42. The average molecular weight is 253 g/mol. The maximum atomic E-state index is 12.0. The van der Waals surface area contributed by atoms with E-state index in [0.29, 0.717) is 19.0 Å². The molecule has 17 heavy (non-hydrogen) atoms. The van der Waals surface area contributed by atoms with E-state index in [1.807, 2.05) is 19.4 Å². The van der Waals surface area contributed by atoms with Crippen molar-refractivity contribution in [2.45, 2.75) is 38.8 Å². The summed E-state index contributed by atoms with van der Waals surface area (Å²) in [7, 11) is 1.85. The second kappa shape index (κ2) is 5.60. The van der Waals surface area contributed by atoms with Gasteiger partial charge in [0.15, 0.2) is 0 Å². The summed E-state index contributed by atoms with van der Waals surface area (Å²) < 4.78 is 0. The van der Waals surface area contributed by atoms with Crippen molar-refractivity contribution in [3.05, 3.63) is 16.1 Å². The van der Waals surface area contributed by atoms with Crippen LogP contribution < -0.4 is 5.32 Å². The van der Waals surface area contributed by atoms with Gasteiger partial charge in [0.2, 0.25) is 5.91 Å². The van der Waals surface area contributed by atoms with Crippen molar-refractivity contribution in [3.8, 4) is 0 Å². The Morgan fingerprint density at radius 2 is 2.53 bits per heavy atom. The number of hydrogen-bond acceptors (Lipinski definition) is 4. The molecule has 5 heteroatoms. The highest BCUT2D eigenvalue weighted by Gasteiger charge is 2.20. The quantitative estimate of drug-likeness (QED) is 0.885. The number of rotatable bonds is 4. The summed E-state index contributed by atoms with van der Waals surface area (Å²) in [6, 6.07) is 0.377. The lowest BCUT2D eigenvalue weighted by Crippen LogP contribution is -2.33. The van der Waals surface area contributed by atoms with Crippen molar-refractivity contribution in [3.63, 3.8) is 0 Å². The molecule has 1 saturated heterocycles. The van der Waals surface area contributed by atoms with Gasteiger partial charge in [0, 0.05) is 24.9 Å². The minimum Gasteiger partial charge on any atom is -0.340 e. The van der Waals surface area contributed by atoms with Crippen LogP contribution in [-0.4, -0.2) is 35.4 Å². The smallest absolute Gasteiger partial charge is 0.224 e. The third kappa shape index (κ3) is 3.51. The first-order valence-electron chi connectivity index (χ1n) is 6.03. The van der Waals surface area contributed by atoms with Crippen LogP contribution >= 0.6 is 11.3 Å². The first-order chi connectivity index (χ1) is 8.15. The lowest BCUT2D eigenvalue weighted by atomic mass is 10.1. The number of hydrogen-bond donors (Lipinski definition) is 1. The number of nitrogens with zero attached hydrogens (tertiary/aromatic N) is 2. The van der Waals surface area contributed by atoms with Crippen molar-refractivity contribution in [2.24, 2.45) is 0 Å². The molecule has 0 spiro atoms. The van der Waals surface area contributed by atoms with E-state index in [1.165, 1.54) is 6.42 Å². The fourth-order valence-corrected chi connectivity index (χ4v) is 2.71. The van der Waals surface area contributed by atoms with Crippen LogP contribution in [0, 0.1) is 6.92 Å². The van der Waals surface area contributed by atoms with Gasteiger partial charge >= 0.3 is 0 Å². The molecule has 1 unspecified atom stereocenters. The summed E-state index contributed by atoms with van der Waals surface area (Å²) in [6.07, 6.45) is 2.92. The van der Waals surface area contributed by atoms with Crippen LogP contribution in [-0.2, 0) is 11.3 Å². The Morgan fingerprint density at radius 1 is 1.71 bits per heavy atom. The third-order valence-electron chi connectivity index (χ3n) is 3.07. The van der Waals surface area contributed by atoms with Gasteiger partial charge in [0.25, 0.3) is 0 Å². The predicted molar refractivity (Wildman–Crippen MR) is 69.0 cm³/mol. The van der Waals surface area contributed by atoms with Gasteiger partial charge in [0.05, 0.1) is 17.2 Å². The van der Waals surface area contributed by atoms with E-state index in [9.17, 15) is 4.79 Å². The summed E-state index contributed by atoms with van der Waals surface area (Å²) in [4.78, 5) is 18.1. The van der Waals surface area contributed by atoms with E-state index in [2.05, 4.69) is 10.3 Å². The number of carbonyl (C=O) groups is 1. The standard InChI is InChI=1S/C12H19N3OS/c1-9-14-11(8-17-9)7-15(2)12(16)6-10-4-3-5-13-10/h8,10,13H,3-7H2,1-2H3. The molecule has 0 aliphatic carbocycles. The zero-order valence-electron chi connectivity index (χ0n) is 10.4. The van der Waals surface area contributed by atoms with Crippen molar-refractivity contribution in [2.75, 3.05) is 13.6 Å². The fraction of sp³-hybridized carbons (Fsp3) is 0.667.